The highest BCUT2D eigenvalue weighted by atomic mass is 35.5. The third-order valence-electron chi connectivity index (χ3n) is 5.48. The van der Waals surface area contributed by atoms with Crippen LogP contribution in [0.1, 0.15) is 24.0 Å². The van der Waals surface area contributed by atoms with Gasteiger partial charge in [-0.05, 0) is 56.0 Å². The fourth-order valence-corrected chi connectivity index (χ4v) is 3.86. The molecule has 0 aliphatic carbocycles. The molecular formula is C24H25ClN4O2. The van der Waals surface area contributed by atoms with Crippen LogP contribution in [0.2, 0.25) is 5.02 Å². The minimum atomic E-state index is -0.165. The van der Waals surface area contributed by atoms with Gasteiger partial charge in [0.2, 0.25) is 5.91 Å². The maximum absolute atomic E-state index is 12.9. The van der Waals surface area contributed by atoms with Crippen molar-refractivity contribution in [3.8, 4) is 11.6 Å². The summed E-state index contributed by atoms with van der Waals surface area (Å²) in [6.07, 6.45) is 4.97. The predicted octanol–water partition coefficient (Wildman–Crippen LogP) is 5.39. The Morgan fingerprint density at radius 1 is 1.13 bits per heavy atom. The molecule has 1 fully saturated rings. The fraction of sp³-hybridized carbons (Fsp3) is 0.292. The van der Waals surface area contributed by atoms with Crippen molar-refractivity contribution in [3.05, 3.63) is 71.0 Å². The molecule has 4 rings (SSSR count). The third kappa shape index (κ3) is 4.97. The Labute approximate surface area is 187 Å². The first kappa shape index (κ1) is 21.1. The van der Waals surface area contributed by atoms with Crippen molar-refractivity contribution in [2.45, 2.75) is 26.7 Å². The van der Waals surface area contributed by atoms with Crippen LogP contribution in [0.4, 0.5) is 11.5 Å². The second-order valence-corrected chi connectivity index (χ2v) is 8.20. The summed E-state index contributed by atoms with van der Waals surface area (Å²) in [4.78, 5) is 23.9. The number of hydrogen-bond donors (Lipinski definition) is 1. The molecule has 7 heteroatoms. The van der Waals surface area contributed by atoms with Crippen molar-refractivity contribution in [3.63, 3.8) is 0 Å². The maximum atomic E-state index is 12.9. The number of nitrogens with one attached hydrogen (secondary N) is 1. The van der Waals surface area contributed by atoms with Crippen LogP contribution in [0.3, 0.4) is 0 Å². The number of rotatable bonds is 5. The van der Waals surface area contributed by atoms with Gasteiger partial charge in [0.1, 0.15) is 5.75 Å². The number of hydrogen-bond acceptors (Lipinski definition) is 5. The van der Waals surface area contributed by atoms with Crippen molar-refractivity contribution >= 4 is 29.0 Å². The summed E-state index contributed by atoms with van der Waals surface area (Å²) >= 11 is 6.19. The van der Waals surface area contributed by atoms with Gasteiger partial charge in [-0.2, -0.15) is 0 Å². The molecule has 1 atom stereocenters. The largest absolute Gasteiger partial charge is 0.436 e. The average Bonchev–Trinajstić information content (AvgIpc) is 2.78. The molecular weight excluding hydrogens is 412 g/mol. The standard InChI is InChI=1S/C24H25ClN4O2/c1-16-9-10-19(14-20(16)25)28-23(30)18-7-5-13-29(15-18)22-24(27-12-11-26-22)31-21-8-4-3-6-17(21)2/h3-4,6,8-12,14,18H,5,7,13,15H2,1-2H3,(H,28,30)/t18-/m1/s1. The van der Waals surface area contributed by atoms with Crippen LogP contribution >= 0.6 is 11.6 Å². The maximum Gasteiger partial charge on any atom is 0.263 e. The van der Waals surface area contributed by atoms with Crippen LogP contribution in [0.15, 0.2) is 54.9 Å². The second kappa shape index (κ2) is 9.35. The molecule has 31 heavy (non-hydrogen) atoms. The van der Waals surface area contributed by atoms with Gasteiger partial charge < -0.3 is 15.0 Å². The van der Waals surface area contributed by atoms with Crippen LogP contribution in [0, 0.1) is 19.8 Å². The minimum Gasteiger partial charge on any atom is -0.436 e. The Morgan fingerprint density at radius 2 is 1.94 bits per heavy atom. The quantitative estimate of drug-likeness (QED) is 0.580. The molecule has 1 saturated heterocycles. The summed E-state index contributed by atoms with van der Waals surface area (Å²) in [6.45, 7) is 5.27. The van der Waals surface area contributed by atoms with Crippen LogP contribution in [-0.2, 0) is 4.79 Å². The number of anilines is 2. The van der Waals surface area contributed by atoms with E-state index >= 15 is 0 Å². The Balaban J connectivity index is 1.49. The number of aryl methyl sites for hydroxylation is 2. The number of nitrogens with zero attached hydrogens (tertiary/aromatic N) is 3. The van der Waals surface area contributed by atoms with E-state index in [9.17, 15) is 4.79 Å². The van der Waals surface area contributed by atoms with Gasteiger partial charge in [-0.25, -0.2) is 9.97 Å². The van der Waals surface area contributed by atoms with E-state index in [0.29, 0.717) is 29.0 Å². The lowest BCUT2D eigenvalue weighted by atomic mass is 9.97. The van der Waals surface area contributed by atoms with Gasteiger partial charge in [0, 0.05) is 36.2 Å². The van der Waals surface area contributed by atoms with E-state index in [-0.39, 0.29) is 11.8 Å². The molecule has 0 unspecified atom stereocenters. The summed E-state index contributed by atoms with van der Waals surface area (Å²) in [5.41, 5.74) is 2.71. The monoisotopic (exact) mass is 436 g/mol. The van der Waals surface area contributed by atoms with E-state index in [1.165, 1.54) is 0 Å². The molecule has 3 aromatic rings. The number of carbonyl (C=O) groups is 1. The fourth-order valence-electron chi connectivity index (χ4n) is 3.68. The number of amides is 1. The topological polar surface area (TPSA) is 67.4 Å². The molecule has 1 aliphatic rings. The first-order valence-corrected chi connectivity index (χ1v) is 10.8. The first-order chi connectivity index (χ1) is 15.0. The van der Waals surface area contributed by atoms with Gasteiger partial charge in [0.05, 0.1) is 5.92 Å². The zero-order valence-corrected chi connectivity index (χ0v) is 18.4. The van der Waals surface area contributed by atoms with Crippen molar-refractivity contribution in [2.75, 3.05) is 23.3 Å². The minimum absolute atomic E-state index is 0.0186. The highest BCUT2D eigenvalue weighted by Crippen LogP contribution is 2.32. The highest BCUT2D eigenvalue weighted by molar-refractivity contribution is 6.31. The molecule has 1 aromatic heterocycles. The molecule has 1 amide bonds. The summed E-state index contributed by atoms with van der Waals surface area (Å²) in [5.74, 6) is 1.66. The van der Waals surface area contributed by atoms with E-state index in [0.717, 1.165) is 36.3 Å². The Bertz CT molecular complexity index is 1090. The van der Waals surface area contributed by atoms with E-state index in [2.05, 4.69) is 20.2 Å². The average molecular weight is 437 g/mol. The van der Waals surface area contributed by atoms with Gasteiger partial charge in [0.15, 0.2) is 5.82 Å². The van der Waals surface area contributed by atoms with Crippen LogP contribution in [-0.4, -0.2) is 29.0 Å². The summed E-state index contributed by atoms with van der Waals surface area (Å²) in [6, 6.07) is 13.4. The number of aromatic nitrogens is 2. The Kier molecular flexibility index (Phi) is 6.37. The van der Waals surface area contributed by atoms with Crippen molar-refractivity contribution in [1.29, 1.82) is 0 Å². The normalized spacial score (nSPS) is 16.1. The molecule has 6 nitrogen and oxygen atoms in total. The molecule has 0 saturated carbocycles. The van der Waals surface area contributed by atoms with E-state index in [1.54, 1.807) is 18.5 Å². The van der Waals surface area contributed by atoms with Crippen molar-refractivity contribution in [1.82, 2.24) is 9.97 Å². The lowest BCUT2D eigenvalue weighted by Gasteiger charge is -2.33. The zero-order chi connectivity index (χ0) is 21.8. The summed E-state index contributed by atoms with van der Waals surface area (Å²) in [7, 11) is 0. The van der Waals surface area contributed by atoms with Crippen LogP contribution in [0.5, 0.6) is 11.6 Å². The van der Waals surface area contributed by atoms with Crippen LogP contribution < -0.4 is 15.0 Å². The second-order valence-electron chi connectivity index (χ2n) is 7.79. The van der Waals surface area contributed by atoms with Gasteiger partial charge in [0.25, 0.3) is 5.88 Å². The molecule has 2 heterocycles. The number of piperidine rings is 1. The molecule has 2 aromatic carbocycles. The predicted molar refractivity (Wildman–Crippen MR) is 123 cm³/mol. The smallest absolute Gasteiger partial charge is 0.263 e. The summed E-state index contributed by atoms with van der Waals surface area (Å²) in [5, 5.41) is 3.64. The lowest BCUT2D eigenvalue weighted by molar-refractivity contribution is -0.120. The van der Waals surface area contributed by atoms with E-state index in [1.807, 2.05) is 50.2 Å². The molecule has 1 N–H and O–H groups in total. The number of ether oxygens (including phenoxy) is 1. The van der Waals surface area contributed by atoms with E-state index < -0.39 is 0 Å². The van der Waals surface area contributed by atoms with Crippen LogP contribution in [0.25, 0.3) is 0 Å². The molecule has 0 bridgehead atoms. The number of carbonyl (C=O) groups excluding carboxylic acids is 1. The molecule has 0 spiro atoms. The first-order valence-electron chi connectivity index (χ1n) is 10.4. The Morgan fingerprint density at radius 3 is 2.74 bits per heavy atom. The van der Waals surface area contributed by atoms with Crippen molar-refractivity contribution < 1.29 is 9.53 Å². The van der Waals surface area contributed by atoms with Gasteiger partial charge in [-0.15, -0.1) is 0 Å². The molecule has 0 radical (unpaired) electrons. The van der Waals surface area contributed by atoms with E-state index in [4.69, 9.17) is 16.3 Å². The highest BCUT2D eigenvalue weighted by Gasteiger charge is 2.28. The number of para-hydroxylation sites is 1. The third-order valence-corrected chi connectivity index (χ3v) is 5.89. The van der Waals surface area contributed by atoms with Gasteiger partial charge in [-0.3, -0.25) is 4.79 Å². The molecule has 160 valence electrons. The van der Waals surface area contributed by atoms with Crippen molar-refractivity contribution in [2.24, 2.45) is 5.92 Å². The number of benzene rings is 2. The number of halogens is 1. The molecule has 1 aliphatic heterocycles. The zero-order valence-electron chi connectivity index (χ0n) is 17.6. The Hall–Kier alpha value is -3.12. The lowest BCUT2D eigenvalue weighted by Crippen LogP contribution is -2.41. The van der Waals surface area contributed by atoms with Gasteiger partial charge >= 0.3 is 0 Å². The SMILES string of the molecule is Cc1ccc(NC(=O)[C@@H]2CCCN(c3nccnc3Oc3ccccc3C)C2)cc1Cl. The van der Waals surface area contributed by atoms with Gasteiger partial charge in [-0.1, -0.05) is 35.9 Å². The summed E-state index contributed by atoms with van der Waals surface area (Å²) < 4.78 is 6.08.